The molecule has 0 heterocycles. The van der Waals surface area contributed by atoms with E-state index in [0.29, 0.717) is 17.2 Å². The van der Waals surface area contributed by atoms with Gasteiger partial charge in [0, 0.05) is 5.56 Å². The van der Waals surface area contributed by atoms with E-state index in [1.807, 2.05) is 19.9 Å². The van der Waals surface area contributed by atoms with E-state index < -0.39 is 22.0 Å². The van der Waals surface area contributed by atoms with Gasteiger partial charge in [-0.2, -0.15) is 0 Å². The van der Waals surface area contributed by atoms with Crippen LogP contribution in [-0.4, -0.2) is 41.3 Å². The molecule has 0 saturated heterocycles. The average molecular weight is 421 g/mol. The van der Waals surface area contributed by atoms with Gasteiger partial charge in [-0.3, -0.25) is 9.10 Å². The number of carbonyl (C=O) groups is 1. The molecular weight excluding hydrogens is 392 g/mol. The second kappa shape index (κ2) is 9.17. The lowest BCUT2D eigenvalue weighted by atomic mass is 10.1. The Morgan fingerprint density at radius 1 is 1.14 bits per heavy atom. The van der Waals surface area contributed by atoms with Gasteiger partial charge in [0.05, 0.1) is 32.2 Å². The molecule has 0 aromatic heterocycles. The van der Waals surface area contributed by atoms with E-state index in [-0.39, 0.29) is 6.54 Å². The predicted molar refractivity (Wildman–Crippen MR) is 114 cm³/mol. The van der Waals surface area contributed by atoms with Crippen molar-refractivity contribution in [3.63, 3.8) is 0 Å². The summed E-state index contributed by atoms with van der Waals surface area (Å²) in [5.41, 5.74) is 2.99. The standard InChI is InChI=1S/C21H28N2O5S/c1-14-8-7-9-19(15(14)2)23(29(6,25)26)13-21(24)22-16(3)18-12-17(27-4)10-11-20(18)28-5/h7-12,16H,13H2,1-6H3,(H,22,24)/t16-/m1/s1. The minimum atomic E-state index is -3.65. The molecule has 0 unspecified atom stereocenters. The molecule has 1 amide bonds. The van der Waals surface area contributed by atoms with E-state index in [1.165, 1.54) is 0 Å². The van der Waals surface area contributed by atoms with Gasteiger partial charge in [0.1, 0.15) is 18.0 Å². The molecule has 2 rings (SSSR count). The monoisotopic (exact) mass is 420 g/mol. The number of hydrogen-bond donors (Lipinski definition) is 1. The number of hydrogen-bond acceptors (Lipinski definition) is 5. The summed E-state index contributed by atoms with van der Waals surface area (Å²) in [6, 6.07) is 10.3. The number of ether oxygens (including phenoxy) is 2. The molecule has 0 aliphatic heterocycles. The van der Waals surface area contributed by atoms with E-state index >= 15 is 0 Å². The molecule has 29 heavy (non-hydrogen) atoms. The Morgan fingerprint density at radius 3 is 2.41 bits per heavy atom. The van der Waals surface area contributed by atoms with Crippen molar-refractivity contribution in [1.29, 1.82) is 0 Å². The maximum Gasteiger partial charge on any atom is 0.241 e. The van der Waals surface area contributed by atoms with Gasteiger partial charge in [0.2, 0.25) is 15.9 Å². The fraction of sp³-hybridized carbons (Fsp3) is 0.381. The van der Waals surface area contributed by atoms with Crippen molar-refractivity contribution in [2.45, 2.75) is 26.8 Å². The highest BCUT2D eigenvalue weighted by Crippen LogP contribution is 2.29. The quantitative estimate of drug-likeness (QED) is 0.710. The highest BCUT2D eigenvalue weighted by Gasteiger charge is 2.24. The minimum absolute atomic E-state index is 0.320. The van der Waals surface area contributed by atoms with Crippen LogP contribution < -0.4 is 19.1 Å². The zero-order valence-electron chi connectivity index (χ0n) is 17.6. The number of amides is 1. The lowest BCUT2D eigenvalue weighted by molar-refractivity contribution is -0.120. The minimum Gasteiger partial charge on any atom is -0.497 e. The molecule has 2 aromatic rings. The van der Waals surface area contributed by atoms with E-state index in [1.54, 1.807) is 51.5 Å². The normalized spacial score (nSPS) is 12.2. The smallest absolute Gasteiger partial charge is 0.241 e. The summed E-state index contributed by atoms with van der Waals surface area (Å²) < 4.78 is 36.5. The van der Waals surface area contributed by atoms with Crippen LogP contribution in [0.15, 0.2) is 36.4 Å². The van der Waals surface area contributed by atoms with Crippen molar-refractivity contribution < 1.29 is 22.7 Å². The SMILES string of the molecule is COc1ccc(OC)c([C@@H](C)NC(=O)CN(c2cccc(C)c2C)S(C)(=O)=O)c1. The van der Waals surface area contributed by atoms with E-state index in [0.717, 1.165) is 27.3 Å². The van der Waals surface area contributed by atoms with Crippen LogP contribution in [-0.2, 0) is 14.8 Å². The molecule has 2 aromatic carbocycles. The van der Waals surface area contributed by atoms with Crippen molar-refractivity contribution in [2.75, 3.05) is 31.3 Å². The summed E-state index contributed by atoms with van der Waals surface area (Å²) in [6.45, 7) is 5.22. The van der Waals surface area contributed by atoms with Crippen molar-refractivity contribution in [3.8, 4) is 11.5 Å². The fourth-order valence-electron chi connectivity index (χ4n) is 3.06. The van der Waals surface area contributed by atoms with Gasteiger partial charge >= 0.3 is 0 Å². The van der Waals surface area contributed by atoms with Gasteiger partial charge in [-0.25, -0.2) is 8.42 Å². The largest absolute Gasteiger partial charge is 0.497 e. The summed E-state index contributed by atoms with van der Waals surface area (Å²) in [7, 11) is -0.542. The molecule has 0 radical (unpaired) electrons. The van der Waals surface area contributed by atoms with Crippen LogP contribution in [0.2, 0.25) is 0 Å². The van der Waals surface area contributed by atoms with Crippen LogP contribution in [0.3, 0.4) is 0 Å². The van der Waals surface area contributed by atoms with Gasteiger partial charge in [0.15, 0.2) is 0 Å². The molecule has 8 heteroatoms. The molecule has 0 aliphatic carbocycles. The highest BCUT2D eigenvalue weighted by atomic mass is 32.2. The third-order valence-corrected chi connectivity index (χ3v) is 5.94. The molecule has 7 nitrogen and oxygen atoms in total. The Balaban J connectivity index is 2.26. The number of sulfonamides is 1. The molecule has 0 saturated carbocycles. The first kappa shape index (κ1) is 22.5. The topological polar surface area (TPSA) is 84.9 Å². The average Bonchev–Trinajstić information content (AvgIpc) is 2.67. The van der Waals surface area contributed by atoms with E-state index in [2.05, 4.69) is 5.32 Å². The van der Waals surface area contributed by atoms with Crippen LogP contribution in [0, 0.1) is 13.8 Å². The van der Waals surface area contributed by atoms with Gasteiger partial charge in [-0.15, -0.1) is 0 Å². The molecule has 1 atom stereocenters. The van der Waals surface area contributed by atoms with Crippen LogP contribution in [0.5, 0.6) is 11.5 Å². The summed E-state index contributed by atoms with van der Waals surface area (Å²) in [5, 5.41) is 2.85. The third kappa shape index (κ3) is 5.41. The van der Waals surface area contributed by atoms with Gasteiger partial charge in [0.25, 0.3) is 0 Å². The first-order valence-electron chi connectivity index (χ1n) is 9.13. The van der Waals surface area contributed by atoms with Crippen LogP contribution in [0.4, 0.5) is 5.69 Å². The van der Waals surface area contributed by atoms with Crippen molar-refractivity contribution in [1.82, 2.24) is 5.32 Å². The first-order valence-corrected chi connectivity index (χ1v) is 11.0. The Morgan fingerprint density at radius 2 is 1.83 bits per heavy atom. The molecular formula is C21H28N2O5S. The molecule has 0 spiro atoms. The summed E-state index contributed by atoms with van der Waals surface area (Å²) in [4.78, 5) is 12.7. The Kier molecular flexibility index (Phi) is 7.13. The van der Waals surface area contributed by atoms with E-state index in [9.17, 15) is 13.2 Å². The summed E-state index contributed by atoms with van der Waals surface area (Å²) in [6.07, 6.45) is 1.09. The summed E-state index contributed by atoms with van der Waals surface area (Å²) in [5.74, 6) is 0.817. The molecule has 0 fully saturated rings. The zero-order valence-corrected chi connectivity index (χ0v) is 18.5. The molecule has 0 aliphatic rings. The number of carbonyl (C=O) groups excluding carboxylic acids is 1. The number of methoxy groups -OCH3 is 2. The van der Waals surface area contributed by atoms with Gasteiger partial charge < -0.3 is 14.8 Å². The van der Waals surface area contributed by atoms with Crippen LogP contribution in [0.25, 0.3) is 0 Å². The Hall–Kier alpha value is -2.74. The lowest BCUT2D eigenvalue weighted by Gasteiger charge is -2.25. The van der Waals surface area contributed by atoms with Crippen molar-refractivity contribution in [2.24, 2.45) is 0 Å². The summed E-state index contributed by atoms with van der Waals surface area (Å²) >= 11 is 0. The second-order valence-electron chi connectivity index (χ2n) is 6.89. The number of nitrogens with one attached hydrogen (secondary N) is 1. The number of aryl methyl sites for hydroxylation is 1. The molecule has 158 valence electrons. The molecule has 1 N–H and O–H groups in total. The third-order valence-electron chi connectivity index (χ3n) is 4.81. The van der Waals surface area contributed by atoms with Crippen LogP contribution >= 0.6 is 0 Å². The van der Waals surface area contributed by atoms with Gasteiger partial charge in [-0.1, -0.05) is 12.1 Å². The highest BCUT2D eigenvalue weighted by molar-refractivity contribution is 7.92. The number of anilines is 1. The van der Waals surface area contributed by atoms with Gasteiger partial charge in [-0.05, 0) is 56.2 Å². The van der Waals surface area contributed by atoms with Crippen molar-refractivity contribution in [3.05, 3.63) is 53.1 Å². The Labute approximate surface area is 172 Å². The first-order chi connectivity index (χ1) is 13.6. The second-order valence-corrected chi connectivity index (χ2v) is 8.79. The number of benzene rings is 2. The maximum atomic E-state index is 12.7. The molecule has 0 bridgehead atoms. The van der Waals surface area contributed by atoms with Crippen LogP contribution in [0.1, 0.15) is 29.7 Å². The lowest BCUT2D eigenvalue weighted by Crippen LogP contribution is -2.41. The fourth-order valence-corrected chi connectivity index (χ4v) is 3.97. The number of nitrogens with zero attached hydrogens (tertiary/aromatic N) is 1. The predicted octanol–water partition coefficient (Wildman–Crippen LogP) is 2.96. The Bertz CT molecular complexity index is 989. The number of rotatable bonds is 8. The maximum absolute atomic E-state index is 12.7. The van der Waals surface area contributed by atoms with E-state index in [4.69, 9.17) is 9.47 Å². The van der Waals surface area contributed by atoms with Crippen molar-refractivity contribution >= 4 is 21.6 Å². The zero-order chi connectivity index (χ0) is 21.8.